The van der Waals surface area contributed by atoms with E-state index in [2.05, 4.69) is 12.2 Å². The fourth-order valence-electron chi connectivity index (χ4n) is 5.39. The molecule has 8 heteroatoms. The fraction of sp³-hybridized carbons (Fsp3) is 0.857. The molecule has 0 aromatic carbocycles. The summed E-state index contributed by atoms with van der Waals surface area (Å²) in [7, 11) is 0. The van der Waals surface area contributed by atoms with Gasteiger partial charge in [0, 0.05) is 6.54 Å². The molecule has 6 atom stereocenters. The molecule has 2 N–H and O–H groups in total. The van der Waals surface area contributed by atoms with Gasteiger partial charge in [0.1, 0.15) is 11.6 Å². The largest absolute Gasteiger partial charge is 0.466 e. The first-order valence-corrected chi connectivity index (χ1v) is 11.0. The minimum absolute atomic E-state index is 0.231. The molecular formula is C21H34N2O6. The van der Waals surface area contributed by atoms with E-state index in [1.54, 1.807) is 6.92 Å². The van der Waals surface area contributed by atoms with Crippen LogP contribution in [0, 0.1) is 11.8 Å². The average molecular weight is 411 g/mol. The second-order valence-electron chi connectivity index (χ2n) is 8.30. The Labute approximate surface area is 172 Å². The van der Waals surface area contributed by atoms with Gasteiger partial charge < -0.3 is 24.8 Å². The number of ether oxygens (including phenoxy) is 2. The van der Waals surface area contributed by atoms with E-state index in [1.165, 1.54) is 4.90 Å². The molecule has 0 saturated carbocycles. The van der Waals surface area contributed by atoms with Crippen molar-refractivity contribution in [3.63, 3.8) is 0 Å². The summed E-state index contributed by atoms with van der Waals surface area (Å²) in [5.41, 5.74) is -1.02. The molecule has 0 aromatic rings. The van der Waals surface area contributed by atoms with E-state index in [-0.39, 0.29) is 25.0 Å². The predicted octanol–water partition coefficient (Wildman–Crippen LogP) is 1.00. The van der Waals surface area contributed by atoms with Crippen LogP contribution >= 0.6 is 0 Å². The number of hydrogen-bond donors (Lipinski definition) is 2. The molecule has 2 unspecified atom stereocenters. The van der Waals surface area contributed by atoms with Gasteiger partial charge in [0.25, 0.3) is 0 Å². The van der Waals surface area contributed by atoms with Crippen LogP contribution in [0.2, 0.25) is 0 Å². The Balaban J connectivity index is 1.92. The van der Waals surface area contributed by atoms with Crippen LogP contribution in [0.1, 0.15) is 59.3 Å². The Bertz CT molecular complexity index is 637. The van der Waals surface area contributed by atoms with Crippen LogP contribution in [0.15, 0.2) is 0 Å². The van der Waals surface area contributed by atoms with Crippen LogP contribution in [0.4, 0.5) is 0 Å². The van der Waals surface area contributed by atoms with Crippen molar-refractivity contribution in [2.24, 2.45) is 11.8 Å². The van der Waals surface area contributed by atoms with Crippen molar-refractivity contribution >= 4 is 17.8 Å². The lowest BCUT2D eigenvalue weighted by Crippen LogP contribution is -2.58. The highest BCUT2D eigenvalue weighted by Gasteiger charge is 2.75. The Hall–Kier alpha value is -1.67. The summed E-state index contributed by atoms with van der Waals surface area (Å²) in [5, 5.41) is 12.8. The molecule has 3 heterocycles. The number of fused-ring (bicyclic) bond motifs is 1. The van der Waals surface area contributed by atoms with Gasteiger partial charge >= 0.3 is 5.97 Å². The minimum atomic E-state index is -1.02. The van der Waals surface area contributed by atoms with Gasteiger partial charge in [0.15, 0.2) is 0 Å². The van der Waals surface area contributed by atoms with Crippen LogP contribution in [0.5, 0.6) is 0 Å². The number of rotatable bonds is 10. The third-order valence-corrected chi connectivity index (χ3v) is 6.70. The fourth-order valence-corrected chi connectivity index (χ4v) is 5.39. The maximum atomic E-state index is 13.5. The Kier molecular flexibility index (Phi) is 6.83. The van der Waals surface area contributed by atoms with E-state index in [1.807, 2.05) is 6.92 Å². The van der Waals surface area contributed by atoms with Crippen LogP contribution in [0.3, 0.4) is 0 Å². The molecule has 3 rings (SSSR count). The van der Waals surface area contributed by atoms with E-state index in [0.29, 0.717) is 25.8 Å². The molecule has 8 nitrogen and oxygen atoms in total. The van der Waals surface area contributed by atoms with E-state index in [0.717, 1.165) is 19.3 Å². The van der Waals surface area contributed by atoms with E-state index in [9.17, 15) is 19.5 Å². The minimum Gasteiger partial charge on any atom is -0.466 e. The first-order chi connectivity index (χ1) is 14.0. The number of carbonyl (C=O) groups is 3. The second kappa shape index (κ2) is 9.00. The van der Waals surface area contributed by atoms with Crippen molar-refractivity contribution in [3.05, 3.63) is 0 Å². The van der Waals surface area contributed by atoms with Crippen molar-refractivity contribution in [1.29, 1.82) is 0 Å². The number of likely N-dealkylation sites (tertiary alicyclic amines) is 1. The molecule has 29 heavy (non-hydrogen) atoms. The highest BCUT2D eigenvalue weighted by Crippen LogP contribution is 2.59. The van der Waals surface area contributed by atoms with Gasteiger partial charge in [-0.25, -0.2) is 0 Å². The van der Waals surface area contributed by atoms with Crippen LogP contribution in [0.25, 0.3) is 0 Å². The van der Waals surface area contributed by atoms with Crippen molar-refractivity contribution in [2.75, 3.05) is 19.8 Å². The molecule has 0 radical (unpaired) electrons. The second-order valence-corrected chi connectivity index (χ2v) is 8.30. The summed E-state index contributed by atoms with van der Waals surface area (Å²) in [6.07, 6.45) is 4.22. The topological polar surface area (TPSA) is 105 Å². The Morgan fingerprint density at radius 1 is 1.34 bits per heavy atom. The number of carbonyl (C=O) groups excluding carboxylic acids is 3. The first kappa shape index (κ1) is 22.0. The van der Waals surface area contributed by atoms with Gasteiger partial charge in [0.05, 0.1) is 37.2 Å². The molecule has 2 bridgehead atoms. The first-order valence-electron chi connectivity index (χ1n) is 11.0. The standard InChI is InChI=1S/C21H34N2O6/c1-4-7-8-11-22-18(25)17-21-10-9-14(29-21)15(20(27)28-6-3)16(21)19(26)23(17)13(5-2)12-24/h13-17,24H,4-12H2,1-3H3,(H,22,25)/t13-,14-,15+,16-,17?,21?/m0/s1. The van der Waals surface area contributed by atoms with Gasteiger partial charge in [-0.2, -0.15) is 0 Å². The SMILES string of the molecule is CCCCCNC(=O)C1N([C@@H](CC)CO)C(=O)[C@@H]2[C@H](C(=O)OCC)[C@@H]3CCC12O3. The van der Waals surface area contributed by atoms with Gasteiger partial charge in [-0.05, 0) is 32.6 Å². The van der Waals surface area contributed by atoms with E-state index >= 15 is 0 Å². The number of hydrogen-bond acceptors (Lipinski definition) is 6. The van der Waals surface area contributed by atoms with Crippen molar-refractivity contribution < 1.29 is 29.0 Å². The molecule has 0 aliphatic carbocycles. The summed E-state index contributed by atoms with van der Waals surface area (Å²) in [6, 6.07) is -1.32. The zero-order chi connectivity index (χ0) is 21.2. The van der Waals surface area contributed by atoms with Crippen molar-refractivity contribution in [2.45, 2.75) is 83.1 Å². The lowest BCUT2D eigenvalue weighted by atomic mass is 9.71. The van der Waals surface area contributed by atoms with Crippen LogP contribution < -0.4 is 5.32 Å². The maximum Gasteiger partial charge on any atom is 0.312 e. The van der Waals surface area contributed by atoms with Crippen LogP contribution in [-0.4, -0.2) is 71.3 Å². The summed E-state index contributed by atoms with van der Waals surface area (Å²) >= 11 is 0. The average Bonchev–Trinajstić information content (AvgIpc) is 3.34. The molecule has 3 saturated heterocycles. The maximum absolute atomic E-state index is 13.5. The van der Waals surface area contributed by atoms with Gasteiger partial charge in [-0.1, -0.05) is 26.7 Å². The lowest BCUT2D eigenvalue weighted by Gasteiger charge is -2.36. The number of esters is 1. The Morgan fingerprint density at radius 2 is 2.10 bits per heavy atom. The molecule has 3 aliphatic rings. The van der Waals surface area contributed by atoms with E-state index in [4.69, 9.17) is 9.47 Å². The molecule has 3 aliphatic heterocycles. The van der Waals surface area contributed by atoms with E-state index < -0.39 is 41.6 Å². The number of amides is 2. The van der Waals surface area contributed by atoms with Gasteiger partial charge in [0.2, 0.25) is 11.8 Å². The number of unbranched alkanes of at least 4 members (excludes halogenated alkanes) is 2. The molecule has 2 amide bonds. The monoisotopic (exact) mass is 410 g/mol. The van der Waals surface area contributed by atoms with Gasteiger partial charge in [-0.15, -0.1) is 0 Å². The third-order valence-electron chi connectivity index (χ3n) is 6.70. The summed E-state index contributed by atoms with van der Waals surface area (Å²) in [4.78, 5) is 40.9. The zero-order valence-electron chi connectivity index (χ0n) is 17.7. The molecule has 3 fully saturated rings. The molecule has 164 valence electrons. The van der Waals surface area contributed by atoms with Crippen molar-refractivity contribution in [3.8, 4) is 0 Å². The highest BCUT2D eigenvalue weighted by molar-refractivity contribution is 5.98. The predicted molar refractivity (Wildman–Crippen MR) is 105 cm³/mol. The third kappa shape index (κ3) is 3.54. The lowest BCUT2D eigenvalue weighted by molar-refractivity contribution is -0.155. The summed E-state index contributed by atoms with van der Waals surface area (Å²) < 4.78 is 11.5. The quantitative estimate of drug-likeness (QED) is 0.411. The number of aliphatic hydroxyl groups is 1. The van der Waals surface area contributed by atoms with Gasteiger partial charge in [-0.3, -0.25) is 14.4 Å². The molecule has 0 aromatic heterocycles. The highest BCUT2D eigenvalue weighted by atomic mass is 16.6. The summed E-state index contributed by atoms with van der Waals surface area (Å²) in [6.45, 7) is 6.23. The molecular weight excluding hydrogens is 376 g/mol. The number of nitrogens with zero attached hydrogens (tertiary/aromatic N) is 1. The van der Waals surface area contributed by atoms with Crippen LogP contribution in [-0.2, 0) is 23.9 Å². The zero-order valence-corrected chi connectivity index (χ0v) is 17.7. The Morgan fingerprint density at radius 3 is 2.72 bits per heavy atom. The smallest absolute Gasteiger partial charge is 0.312 e. The normalized spacial score (nSPS) is 33.7. The summed E-state index contributed by atoms with van der Waals surface area (Å²) in [5.74, 6) is -2.38. The van der Waals surface area contributed by atoms with Crippen molar-refractivity contribution in [1.82, 2.24) is 10.2 Å². The number of aliphatic hydroxyl groups excluding tert-OH is 1. The number of nitrogens with one attached hydrogen (secondary N) is 1. The molecule has 1 spiro atoms.